The van der Waals surface area contributed by atoms with E-state index in [2.05, 4.69) is 19.1 Å². The van der Waals surface area contributed by atoms with Crippen molar-refractivity contribution in [3.63, 3.8) is 0 Å². The summed E-state index contributed by atoms with van der Waals surface area (Å²) >= 11 is 0. The molecule has 0 unspecified atom stereocenters. The first kappa shape index (κ1) is 17.1. The maximum absolute atomic E-state index is 11.4. The Kier molecular flexibility index (Phi) is 4.07. The van der Waals surface area contributed by atoms with Gasteiger partial charge in [0.1, 0.15) is 5.75 Å². The first-order valence-electron chi connectivity index (χ1n) is 8.53. The smallest absolute Gasteiger partial charge is 0.161 e. The van der Waals surface area contributed by atoms with Gasteiger partial charge in [-0.15, -0.1) is 0 Å². The van der Waals surface area contributed by atoms with Gasteiger partial charge in [0.2, 0.25) is 0 Å². The van der Waals surface area contributed by atoms with E-state index in [0.717, 1.165) is 44.4 Å². The molecule has 136 valence electrons. The van der Waals surface area contributed by atoms with Crippen LogP contribution in [0.15, 0.2) is 36.4 Å². The third-order valence-electron chi connectivity index (χ3n) is 5.01. The lowest BCUT2D eigenvalue weighted by atomic mass is 9.98. The largest absolute Gasteiger partial charge is 0.496 e. The number of benzene rings is 3. The molecule has 1 heterocycles. The fraction of sp³-hybridized carbons (Fsp3) is 0.182. The molecule has 4 aromatic rings. The summed E-state index contributed by atoms with van der Waals surface area (Å²) in [5.74, 6) is 1.88. The van der Waals surface area contributed by atoms with Crippen LogP contribution in [0.1, 0.15) is 15.9 Å². The molecule has 0 amide bonds. The Morgan fingerprint density at radius 2 is 1.48 bits per heavy atom. The Morgan fingerprint density at radius 1 is 0.815 bits per heavy atom. The highest BCUT2D eigenvalue weighted by molar-refractivity contribution is 6.11. The number of fused-ring (bicyclic) bond motifs is 4. The van der Waals surface area contributed by atoms with Crippen molar-refractivity contribution in [2.75, 3.05) is 21.3 Å². The van der Waals surface area contributed by atoms with Crippen molar-refractivity contribution in [1.82, 2.24) is 4.98 Å². The van der Waals surface area contributed by atoms with Gasteiger partial charge in [-0.2, -0.15) is 0 Å². The van der Waals surface area contributed by atoms with Gasteiger partial charge in [0.25, 0.3) is 0 Å². The molecule has 27 heavy (non-hydrogen) atoms. The van der Waals surface area contributed by atoms with Crippen molar-refractivity contribution in [2.24, 2.45) is 0 Å². The Morgan fingerprint density at radius 3 is 2.15 bits per heavy atom. The van der Waals surface area contributed by atoms with Crippen molar-refractivity contribution in [3.8, 4) is 17.2 Å². The molecule has 3 aromatic carbocycles. The summed E-state index contributed by atoms with van der Waals surface area (Å²) in [6.45, 7) is 2.05. The molecular weight excluding hydrogens is 342 g/mol. The lowest BCUT2D eigenvalue weighted by Crippen LogP contribution is -1.95. The summed E-state index contributed by atoms with van der Waals surface area (Å²) in [4.78, 5) is 16.3. The molecule has 0 aliphatic rings. The molecule has 4 rings (SSSR count). The average Bonchev–Trinajstić information content (AvgIpc) is 2.71. The monoisotopic (exact) mass is 361 g/mol. The van der Waals surface area contributed by atoms with E-state index >= 15 is 0 Å². The van der Waals surface area contributed by atoms with E-state index < -0.39 is 0 Å². The molecule has 0 saturated heterocycles. The van der Waals surface area contributed by atoms with E-state index in [1.807, 2.05) is 18.2 Å². The number of methoxy groups -OCH3 is 3. The van der Waals surface area contributed by atoms with E-state index in [0.29, 0.717) is 22.8 Å². The van der Waals surface area contributed by atoms with E-state index in [1.54, 1.807) is 27.4 Å². The number of carbonyl (C=O) groups is 1. The zero-order valence-corrected chi connectivity index (χ0v) is 15.6. The van der Waals surface area contributed by atoms with Crippen molar-refractivity contribution in [2.45, 2.75) is 6.92 Å². The zero-order valence-electron chi connectivity index (χ0n) is 15.6. The van der Waals surface area contributed by atoms with Gasteiger partial charge in [-0.3, -0.25) is 4.79 Å². The number of carbonyl (C=O) groups excluding carboxylic acids is 1. The van der Waals surface area contributed by atoms with Crippen LogP contribution >= 0.6 is 0 Å². The number of pyridine rings is 1. The van der Waals surface area contributed by atoms with Crippen molar-refractivity contribution in [3.05, 3.63) is 47.5 Å². The number of ether oxygens (including phenoxy) is 3. The van der Waals surface area contributed by atoms with Crippen LogP contribution in [-0.2, 0) is 0 Å². The quantitative estimate of drug-likeness (QED) is 0.300. The number of hydrogen-bond donors (Lipinski definition) is 0. The van der Waals surface area contributed by atoms with Crippen LogP contribution in [0.25, 0.3) is 32.6 Å². The van der Waals surface area contributed by atoms with E-state index in [1.165, 1.54) is 0 Å². The van der Waals surface area contributed by atoms with Gasteiger partial charge in [-0.25, -0.2) is 4.98 Å². The Labute approximate surface area is 156 Å². The third kappa shape index (κ3) is 2.54. The number of nitrogens with zero attached hydrogens (tertiary/aromatic N) is 1. The summed E-state index contributed by atoms with van der Waals surface area (Å²) in [5, 5.41) is 3.99. The van der Waals surface area contributed by atoms with E-state index in [4.69, 9.17) is 19.2 Å². The molecule has 0 aliphatic carbocycles. The van der Waals surface area contributed by atoms with Crippen LogP contribution in [0.5, 0.6) is 17.2 Å². The van der Waals surface area contributed by atoms with Gasteiger partial charge in [0, 0.05) is 16.2 Å². The fourth-order valence-corrected chi connectivity index (χ4v) is 3.57. The van der Waals surface area contributed by atoms with Gasteiger partial charge in [-0.05, 0) is 42.1 Å². The third-order valence-corrected chi connectivity index (χ3v) is 5.01. The fourth-order valence-electron chi connectivity index (χ4n) is 3.57. The van der Waals surface area contributed by atoms with Gasteiger partial charge in [0.15, 0.2) is 17.8 Å². The SMILES string of the molecule is COc1cc2c(C)c3ccc4cc(OC)c(OC)cc4c3nc2cc1C=O. The standard InChI is InChI=1S/C22H19NO4/c1-12-15-6-5-13-8-20(26-3)21(27-4)10-17(13)22(15)23-18-7-14(11-24)19(25-2)9-16(12)18/h5-11H,1-4H3. The molecule has 0 radical (unpaired) electrons. The molecule has 5 heteroatoms. The number of hydrogen-bond acceptors (Lipinski definition) is 5. The molecule has 0 N–H and O–H groups in total. The van der Waals surface area contributed by atoms with Crippen LogP contribution < -0.4 is 14.2 Å². The van der Waals surface area contributed by atoms with Gasteiger partial charge in [-0.1, -0.05) is 12.1 Å². The maximum atomic E-state index is 11.4. The molecule has 0 spiro atoms. The minimum Gasteiger partial charge on any atom is -0.496 e. The van der Waals surface area contributed by atoms with Gasteiger partial charge in [0.05, 0.1) is 37.9 Å². The molecule has 0 saturated carbocycles. The number of aryl methyl sites for hydroxylation is 1. The highest BCUT2D eigenvalue weighted by Gasteiger charge is 2.14. The predicted molar refractivity (Wildman–Crippen MR) is 107 cm³/mol. The highest BCUT2D eigenvalue weighted by Crippen LogP contribution is 2.38. The van der Waals surface area contributed by atoms with Crippen LogP contribution in [0.4, 0.5) is 0 Å². The second-order valence-electron chi connectivity index (χ2n) is 6.36. The highest BCUT2D eigenvalue weighted by atomic mass is 16.5. The Balaban J connectivity index is 2.15. The van der Waals surface area contributed by atoms with Crippen LogP contribution in [0.2, 0.25) is 0 Å². The number of rotatable bonds is 4. The van der Waals surface area contributed by atoms with Crippen molar-refractivity contribution in [1.29, 1.82) is 0 Å². The Bertz CT molecular complexity index is 1210. The molecule has 0 bridgehead atoms. The summed E-state index contributed by atoms with van der Waals surface area (Å²) in [6.07, 6.45) is 0.788. The molecule has 5 nitrogen and oxygen atoms in total. The summed E-state index contributed by atoms with van der Waals surface area (Å²) in [6, 6.07) is 11.6. The summed E-state index contributed by atoms with van der Waals surface area (Å²) in [5.41, 5.74) is 3.18. The van der Waals surface area contributed by atoms with E-state index in [9.17, 15) is 4.79 Å². The average molecular weight is 361 g/mol. The minimum atomic E-state index is 0.482. The zero-order chi connectivity index (χ0) is 19.1. The first-order valence-corrected chi connectivity index (χ1v) is 8.53. The number of aromatic nitrogens is 1. The van der Waals surface area contributed by atoms with Crippen molar-refractivity contribution >= 4 is 38.9 Å². The Hall–Kier alpha value is -3.34. The van der Waals surface area contributed by atoms with Crippen LogP contribution in [0, 0.1) is 6.92 Å². The second kappa shape index (κ2) is 6.43. The summed E-state index contributed by atoms with van der Waals surface area (Å²) < 4.78 is 16.2. The van der Waals surface area contributed by atoms with Crippen LogP contribution in [-0.4, -0.2) is 32.6 Å². The van der Waals surface area contributed by atoms with E-state index in [-0.39, 0.29) is 0 Å². The minimum absolute atomic E-state index is 0.482. The molecule has 0 atom stereocenters. The summed E-state index contributed by atoms with van der Waals surface area (Å²) in [7, 11) is 4.80. The molecule has 1 aromatic heterocycles. The predicted octanol–water partition coefficient (Wildman–Crippen LogP) is 4.69. The van der Waals surface area contributed by atoms with Crippen molar-refractivity contribution < 1.29 is 19.0 Å². The van der Waals surface area contributed by atoms with Gasteiger partial charge >= 0.3 is 0 Å². The molecule has 0 fully saturated rings. The maximum Gasteiger partial charge on any atom is 0.161 e. The lowest BCUT2D eigenvalue weighted by Gasteiger charge is -2.14. The normalized spacial score (nSPS) is 11.1. The molecule has 0 aliphatic heterocycles. The topological polar surface area (TPSA) is 57.6 Å². The van der Waals surface area contributed by atoms with Crippen LogP contribution in [0.3, 0.4) is 0 Å². The number of aldehydes is 1. The van der Waals surface area contributed by atoms with Gasteiger partial charge < -0.3 is 14.2 Å². The molecular formula is C22H19NO4. The first-order chi connectivity index (χ1) is 13.1. The lowest BCUT2D eigenvalue weighted by molar-refractivity contribution is 0.112. The second-order valence-corrected chi connectivity index (χ2v) is 6.36.